The summed E-state index contributed by atoms with van der Waals surface area (Å²) in [5.74, 6) is 5.23. The Morgan fingerprint density at radius 3 is 2.55 bits per heavy atom. The van der Waals surface area contributed by atoms with Crippen molar-refractivity contribution in [1.29, 1.82) is 0 Å². The molecule has 0 bridgehead atoms. The fourth-order valence-corrected chi connectivity index (χ4v) is 3.22. The number of aromatic nitrogens is 3. The molecule has 0 radical (unpaired) electrons. The number of nitrogens with one attached hydrogen (secondary N) is 2. The Hall–Kier alpha value is -1.24. The van der Waals surface area contributed by atoms with E-state index < -0.39 is 0 Å². The zero-order valence-corrected chi connectivity index (χ0v) is 13.3. The number of nitrogens with zero attached hydrogens (tertiary/aromatic N) is 4. The Kier molecular flexibility index (Phi) is 5.70. The van der Waals surface area contributed by atoms with E-state index in [-0.39, 0.29) is 0 Å². The topological polar surface area (TPSA) is 66.0 Å². The number of rotatable bonds is 7. The number of anilines is 3. The van der Waals surface area contributed by atoms with Crippen molar-refractivity contribution in [3.63, 3.8) is 0 Å². The third-order valence-corrected chi connectivity index (χ3v) is 4.36. The fourth-order valence-electron chi connectivity index (χ4n) is 1.94. The van der Waals surface area contributed by atoms with E-state index >= 15 is 0 Å². The quantitative estimate of drug-likeness (QED) is 0.797. The summed E-state index contributed by atoms with van der Waals surface area (Å²) in [4.78, 5) is 15.2. The van der Waals surface area contributed by atoms with E-state index in [4.69, 9.17) is 0 Å². The summed E-state index contributed by atoms with van der Waals surface area (Å²) in [7, 11) is 3.88. The van der Waals surface area contributed by atoms with Crippen LogP contribution in [0.15, 0.2) is 0 Å². The van der Waals surface area contributed by atoms with Crippen molar-refractivity contribution >= 4 is 29.6 Å². The molecule has 0 spiro atoms. The summed E-state index contributed by atoms with van der Waals surface area (Å²) in [5, 5.41) is 6.58. The molecular weight excluding hydrogens is 272 g/mol. The molecule has 20 heavy (non-hydrogen) atoms. The molecule has 0 amide bonds. The van der Waals surface area contributed by atoms with Crippen molar-refractivity contribution in [3.8, 4) is 0 Å². The summed E-state index contributed by atoms with van der Waals surface area (Å²) < 4.78 is 0. The monoisotopic (exact) mass is 296 g/mol. The molecule has 0 aromatic carbocycles. The number of thioether (sulfide) groups is 1. The van der Waals surface area contributed by atoms with Gasteiger partial charge in [-0.25, -0.2) is 0 Å². The fraction of sp³-hybridized carbons (Fsp3) is 0.769. The van der Waals surface area contributed by atoms with Crippen LogP contribution in [0.3, 0.4) is 0 Å². The van der Waals surface area contributed by atoms with Crippen LogP contribution in [-0.4, -0.2) is 53.6 Å². The first-order valence-electron chi connectivity index (χ1n) is 7.18. The van der Waals surface area contributed by atoms with Crippen LogP contribution >= 0.6 is 11.8 Å². The van der Waals surface area contributed by atoms with Gasteiger partial charge in [-0.3, -0.25) is 0 Å². The predicted octanol–water partition coefficient (Wildman–Crippen LogP) is 1.92. The van der Waals surface area contributed by atoms with E-state index in [1.807, 2.05) is 30.8 Å². The summed E-state index contributed by atoms with van der Waals surface area (Å²) in [5.41, 5.74) is 0. The van der Waals surface area contributed by atoms with E-state index in [2.05, 4.69) is 32.5 Å². The van der Waals surface area contributed by atoms with Gasteiger partial charge in [0.25, 0.3) is 0 Å². The minimum atomic E-state index is 0.647. The van der Waals surface area contributed by atoms with Gasteiger partial charge in [0, 0.05) is 27.2 Å². The highest BCUT2D eigenvalue weighted by Gasteiger charge is 2.16. The maximum absolute atomic E-state index is 4.45. The standard InChI is InChI=1S/C13H24N6S/c1-4-6-14-11-16-12(18-13(17-11)19(2)3)15-8-10-5-7-20-9-10/h10H,4-9H2,1-3H3,(H2,14,15,16,17,18). The zero-order valence-electron chi connectivity index (χ0n) is 12.5. The first-order chi connectivity index (χ1) is 9.69. The second-order valence-electron chi connectivity index (χ2n) is 5.21. The molecule has 1 aromatic heterocycles. The van der Waals surface area contributed by atoms with Crippen LogP contribution in [0.5, 0.6) is 0 Å². The zero-order chi connectivity index (χ0) is 14.4. The van der Waals surface area contributed by atoms with Gasteiger partial charge in [0.2, 0.25) is 17.8 Å². The van der Waals surface area contributed by atoms with Crippen LogP contribution in [0.2, 0.25) is 0 Å². The largest absolute Gasteiger partial charge is 0.354 e. The minimum absolute atomic E-state index is 0.647. The van der Waals surface area contributed by atoms with E-state index in [1.54, 1.807) is 0 Å². The van der Waals surface area contributed by atoms with Crippen molar-refractivity contribution in [3.05, 3.63) is 0 Å². The number of hydrogen-bond acceptors (Lipinski definition) is 7. The van der Waals surface area contributed by atoms with Crippen molar-refractivity contribution in [2.45, 2.75) is 19.8 Å². The van der Waals surface area contributed by atoms with Crippen LogP contribution < -0.4 is 15.5 Å². The van der Waals surface area contributed by atoms with Crippen LogP contribution in [0.1, 0.15) is 19.8 Å². The van der Waals surface area contributed by atoms with Crippen molar-refractivity contribution in [1.82, 2.24) is 15.0 Å². The van der Waals surface area contributed by atoms with Gasteiger partial charge in [-0.05, 0) is 30.3 Å². The Morgan fingerprint density at radius 1 is 1.20 bits per heavy atom. The molecule has 0 aliphatic carbocycles. The third-order valence-electron chi connectivity index (χ3n) is 3.13. The molecule has 112 valence electrons. The third kappa shape index (κ3) is 4.40. The van der Waals surface area contributed by atoms with Crippen LogP contribution in [0.4, 0.5) is 17.8 Å². The Balaban J connectivity index is 2.02. The summed E-state index contributed by atoms with van der Waals surface area (Å²) >= 11 is 2.03. The molecule has 1 aliphatic heterocycles. The van der Waals surface area contributed by atoms with Gasteiger partial charge < -0.3 is 15.5 Å². The average Bonchev–Trinajstić information content (AvgIpc) is 2.96. The van der Waals surface area contributed by atoms with Gasteiger partial charge >= 0.3 is 0 Å². The molecule has 0 saturated carbocycles. The second-order valence-corrected chi connectivity index (χ2v) is 6.36. The molecule has 1 aliphatic rings. The van der Waals surface area contributed by atoms with Crippen molar-refractivity contribution in [2.24, 2.45) is 5.92 Å². The first kappa shape index (κ1) is 15.2. The van der Waals surface area contributed by atoms with Crippen molar-refractivity contribution in [2.75, 3.05) is 54.2 Å². The van der Waals surface area contributed by atoms with E-state index in [9.17, 15) is 0 Å². The summed E-state index contributed by atoms with van der Waals surface area (Å²) in [6, 6.07) is 0. The van der Waals surface area contributed by atoms with E-state index in [0.717, 1.165) is 25.4 Å². The van der Waals surface area contributed by atoms with Crippen LogP contribution in [0, 0.1) is 5.92 Å². The van der Waals surface area contributed by atoms with E-state index in [0.29, 0.717) is 17.8 Å². The van der Waals surface area contributed by atoms with Gasteiger partial charge in [0.05, 0.1) is 0 Å². The lowest BCUT2D eigenvalue weighted by Crippen LogP contribution is -2.20. The molecule has 2 heterocycles. The normalized spacial score (nSPS) is 18.1. The number of hydrogen-bond donors (Lipinski definition) is 2. The molecule has 1 saturated heterocycles. The van der Waals surface area contributed by atoms with Gasteiger partial charge in [0.15, 0.2) is 0 Å². The van der Waals surface area contributed by atoms with Crippen LogP contribution in [0.25, 0.3) is 0 Å². The van der Waals surface area contributed by atoms with Gasteiger partial charge in [0.1, 0.15) is 0 Å². The Labute approximate surface area is 125 Å². The Morgan fingerprint density at radius 2 is 1.95 bits per heavy atom. The van der Waals surface area contributed by atoms with Gasteiger partial charge in [-0.15, -0.1) is 0 Å². The molecule has 2 rings (SSSR count). The predicted molar refractivity (Wildman–Crippen MR) is 86.9 cm³/mol. The maximum atomic E-state index is 4.45. The molecule has 2 N–H and O–H groups in total. The smallest absolute Gasteiger partial charge is 0.231 e. The second kappa shape index (κ2) is 7.52. The van der Waals surface area contributed by atoms with E-state index in [1.165, 1.54) is 17.9 Å². The highest BCUT2D eigenvalue weighted by Crippen LogP contribution is 2.23. The molecule has 7 heteroatoms. The first-order valence-corrected chi connectivity index (χ1v) is 8.33. The lowest BCUT2D eigenvalue weighted by molar-refractivity contribution is 0.628. The summed E-state index contributed by atoms with van der Waals surface area (Å²) in [6.07, 6.45) is 2.33. The maximum Gasteiger partial charge on any atom is 0.231 e. The molecule has 1 unspecified atom stereocenters. The molecular formula is C13H24N6S. The minimum Gasteiger partial charge on any atom is -0.354 e. The van der Waals surface area contributed by atoms with Crippen molar-refractivity contribution < 1.29 is 0 Å². The van der Waals surface area contributed by atoms with Crippen LogP contribution in [-0.2, 0) is 0 Å². The Bertz CT molecular complexity index is 419. The lowest BCUT2D eigenvalue weighted by atomic mass is 10.1. The highest BCUT2D eigenvalue weighted by molar-refractivity contribution is 7.99. The SMILES string of the molecule is CCCNc1nc(NCC2CCSC2)nc(N(C)C)n1. The molecule has 1 atom stereocenters. The average molecular weight is 296 g/mol. The molecule has 6 nitrogen and oxygen atoms in total. The highest BCUT2D eigenvalue weighted by atomic mass is 32.2. The lowest BCUT2D eigenvalue weighted by Gasteiger charge is -2.15. The van der Waals surface area contributed by atoms with Gasteiger partial charge in [-0.1, -0.05) is 6.92 Å². The summed E-state index contributed by atoms with van der Waals surface area (Å²) in [6.45, 7) is 3.94. The molecule has 1 aromatic rings. The molecule has 1 fully saturated rings. The van der Waals surface area contributed by atoms with Gasteiger partial charge in [-0.2, -0.15) is 26.7 Å².